The molecule has 1 saturated heterocycles. The van der Waals surface area contributed by atoms with Crippen LogP contribution in [0.5, 0.6) is 0 Å². The van der Waals surface area contributed by atoms with Crippen molar-refractivity contribution in [2.75, 3.05) is 13.1 Å². The topological polar surface area (TPSA) is 106 Å². The maximum Gasteiger partial charge on any atom is 0.289 e. The first kappa shape index (κ1) is 17.3. The van der Waals surface area contributed by atoms with Gasteiger partial charge in [0, 0.05) is 44.4 Å². The largest absolute Gasteiger partial charge is 0.344 e. The molecule has 0 radical (unpaired) electrons. The van der Waals surface area contributed by atoms with Crippen LogP contribution in [0, 0.1) is 11.8 Å². The molecule has 146 valence electrons. The van der Waals surface area contributed by atoms with Gasteiger partial charge in [0.1, 0.15) is 11.5 Å². The highest BCUT2D eigenvalue weighted by atomic mass is 16.2. The fourth-order valence-corrected chi connectivity index (χ4v) is 4.43. The Bertz CT molecular complexity index is 893. The Morgan fingerprint density at radius 1 is 1.11 bits per heavy atom. The number of rotatable bonds is 4. The molecule has 3 aliphatic rings. The van der Waals surface area contributed by atoms with E-state index in [0.717, 1.165) is 44.5 Å². The minimum absolute atomic E-state index is 0.0721. The van der Waals surface area contributed by atoms with Gasteiger partial charge < -0.3 is 14.8 Å². The van der Waals surface area contributed by atoms with Crippen LogP contribution in [0.1, 0.15) is 52.6 Å². The molecule has 2 fully saturated rings. The summed E-state index contributed by atoms with van der Waals surface area (Å²) in [5.41, 5.74) is 0.343. The number of hydrogen-bond acceptors (Lipinski definition) is 6. The number of nitrogens with zero attached hydrogens (tertiary/aromatic N) is 6. The molecule has 4 heterocycles. The minimum atomic E-state index is -0.190. The number of aryl methyl sites for hydroxylation is 1. The molecule has 1 saturated carbocycles. The molecule has 5 rings (SSSR count). The van der Waals surface area contributed by atoms with Gasteiger partial charge >= 0.3 is 0 Å². The molecule has 2 atom stereocenters. The first-order valence-corrected chi connectivity index (χ1v) is 9.99. The number of fused-ring (bicyclic) bond motifs is 1. The van der Waals surface area contributed by atoms with E-state index >= 15 is 0 Å². The summed E-state index contributed by atoms with van der Waals surface area (Å²) < 4.78 is 1.93. The van der Waals surface area contributed by atoms with Crippen LogP contribution in [0.2, 0.25) is 0 Å². The minimum Gasteiger partial charge on any atom is -0.344 e. The van der Waals surface area contributed by atoms with Crippen LogP contribution in [0.25, 0.3) is 0 Å². The first-order chi connectivity index (χ1) is 13.7. The molecule has 1 N–H and O–H groups in total. The van der Waals surface area contributed by atoms with E-state index in [4.69, 9.17) is 0 Å². The van der Waals surface area contributed by atoms with E-state index in [1.54, 1.807) is 11.1 Å². The molecule has 0 bridgehead atoms. The maximum atomic E-state index is 12.9. The van der Waals surface area contributed by atoms with Crippen molar-refractivity contribution >= 4 is 11.8 Å². The Balaban J connectivity index is 1.32. The quantitative estimate of drug-likeness (QED) is 0.835. The van der Waals surface area contributed by atoms with E-state index in [9.17, 15) is 9.59 Å². The van der Waals surface area contributed by atoms with Gasteiger partial charge in [-0.15, -0.1) is 10.2 Å². The average molecular weight is 381 g/mol. The summed E-state index contributed by atoms with van der Waals surface area (Å²) in [7, 11) is 0. The van der Waals surface area contributed by atoms with Gasteiger partial charge in [0.2, 0.25) is 5.82 Å². The molecular weight excluding hydrogens is 358 g/mol. The number of amides is 2. The molecule has 0 aromatic carbocycles. The summed E-state index contributed by atoms with van der Waals surface area (Å²) in [6.07, 6.45) is 9.88. The lowest BCUT2D eigenvalue weighted by Gasteiger charge is -2.20. The Labute approximate surface area is 162 Å². The summed E-state index contributed by atoms with van der Waals surface area (Å²) >= 11 is 0. The lowest BCUT2D eigenvalue weighted by Crippen LogP contribution is -2.42. The summed E-state index contributed by atoms with van der Waals surface area (Å²) in [6, 6.07) is -0.0721. The summed E-state index contributed by atoms with van der Waals surface area (Å²) in [5, 5.41) is 11.5. The molecule has 0 unspecified atom stereocenters. The van der Waals surface area contributed by atoms with Crippen molar-refractivity contribution in [1.82, 2.24) is 34.9 Å². The summed E-state index contributed by atoms with van der Waals surface area (Å²) in [5.74, 6) is 1.80. The highest BCUT2D eigenvalue weighted by molar-refractivity contribution is 5.93. The van der Waals surface area contributed by atoms with E-state index in [0.29, 0.717) is 30.5 Å². The van der Waals surface area contributed by atoms with Crippen molar-refractivity contribution in [3.8, 4) is 0 Å². The van der Waals surface area contributed by atoms with E-state index in [1.807, 2.05) is 4.57 Å². The molecule has 1 aliphatic carbocycles. The van der Waals surface area contributed by atoms with Crippen molar-refractivity contribution in [2.45, 2.75) is 44.7 Å². The van der Waals surface area contributed by atoms with Gasteiger partial charge in [-0.1, -0.05) is 0 Å². The normalized spacial score (nSPS) is 24.1. The second-order valence-corrected chi connectivity index (χ2v) is 7.93. The van der Waals surface area contributed by atoms with Crippen LogP contribution >= 0.6 is 0 Å². The number of carbonyl (C=O) groups excluding carboxylic acids is 2. The van der Waals surface area contributed by atoms with E-state index in [-0.39, 0.29) is 23.8 Å². The highest BCUT2D eigenvalue weighted by Gasteiger charge is 2.45. The van der Waals surface area contributed by atoms with Gasteiger partial charge in [0.05, 0.1) is 12.2 Å². The third-order valence-electron chi connectivity index (χ3n) is 6.04. The second kappa shape index (κ2) is 6.96. The molecule has 0 spiro atoms. The molecule has 9 heteroatoms. The molecule has 2 aromatic rings. The standard InChI is InChI=1S/C19H23N7O2/c27-18(17-24-23-16-3-1-2-8-26(16)17)22-15-11-25(10-13(15)12-4-5-12)19(28)14-9-20-6-7-21-14/h6-7,9,12-13,15H,1-5,8,10-11H2,(H,22,27)/t13-,15+/m0/s1. The molecular formula is C19H23N7O2. The van der Waals surface area contributed by atoms with E-state index < -0.39 is 0 Å². The van der Waals surface area contributed by atoms with Crippen LogP contribution in [0.3, 0.4) is 0 Å². The Morgan fingerprint density at radius 3 is 2.79 bits per heavy atom. The van der Waals surface area contributed by atoms with Gasteiger partial charge in [-0.3, -0.25) is 14.6 Å². The smallest absolute Gasteiger partial charge is 0.289 e. The molecule has 9 nitrogen and oxygen atoms in total. The van der Waals surface area contributed by atoms with Crippen molar-refractivity contribution in [2.24, 2.45) is 11.8 Å². The fourth-order valence-electron chi connectivity index (χ4n) is 4.43. The van der Waals surface area contributed by atoms with Crippen LogP contribution in [0.4, 0.5) is 0 Å². The third kappa shape index (κ3) is 3.14. The number of carbonyl (C=O) groups is 2. The second-order valence-electron chi connectivity index (χ2n) is 7.93. The zero-order valence-electron chi connectivity index (χ0n) is 15.6. The fraction of sp³-hybridized carbons (Fsp3) is 0.579. The van der Waals surface area contributed by atoms with Crippen LogP contribution < -0.4 is 5.32 Å². The number of aromatic nitrogens is 5. The van der Waals surface area contributed by atoms with Crippen LogP contribution in [0.15, 0.2) is 18.6 Å². The molecule has 2 amide bonds. The predicted octanol–water partition coefficient (Wildman–Crippen LogP) is 0.685. The van der Waals surface area contributed by atoms with Gasteiger partial charge in [0.25, 0.3) is 11.8 Å². The average Bonchev–Trinajstić information content (AvgIpc) is 3.34. The highest BCUT2D eigenvalue weighted by Crippen LogP contribution is 2.41. The first-order valence-electron chi connectivity index (χ1n) is 9.99. The van der Waals surface area contributed by atoms with Gasteiger partial charge in [-0.2, -0.15) is 0 Å². The summed E-state index contributed by atoms with van der Waals surface area (Å²) in [6.45, 7) is 1.92. The van der Waals surface area contributed by atoms with Crippen LogP contribution in [-0.4, -0.2) is 60.6 Å². The van der Waals surface area contributed by atoms with Crippen LogP contribution in [-0.2, 0) is 13.0 Å². The van der Waals surface area contributed by atoms with Gasteiger partial charge in [-0.05, 0) is 31.6 Å². The van der Waals surface area contributed by atoms with Crippen molar-refractivity contribution in [3.63, 3.8) is 0 Å². The SMILES string of the molecule is O=C(N[C@@H]1CN(C(=O)c2cnccn2)C[C@H]1C1CC1)c1nnc2n1CCCC2. The Morgan fingerprint density at radius 2 is 2.00 bits per heavy atom. The van der Waals surface area contributed by atoms with Gasteiger partial charge in [-0.25, -0.2) is 4.98 Å². The molecule has 2 aliphatic heterocycles. The predicted molar refractivity (Wildman–Crippen MR) is 98.4 cm³/mol. The van der Waals surface area contributed by atoms with Crippen molar-refractivity contribution in [3.05, 3.63) is 35.9 Å². The number of hydrogen-bond donors (Lipinski definition) is 1. The zero-order valence-corrected chi connectivity index (χ0v) is 15.6. The monoisotopic (exact) mass is 381 g/mol. The maximum absolute atomic E-state index is 12.9. The Hall–Kier alpha value is -2.84. The summed E-state index contributed by atoms with van der Waals surface area (Å²) in [4.78, 5) is 35.6. The van der Waals surface area contributed by atoms with Crippen molar-refractivity contribution < 1.29 is 9.59 Å². The third-order valence-corrected chi connectivity index (χ3v) is 6.04. The molecule has 2 aromatic heterocycles. The lowest BCUT2D eigenvalue weighted by atomic mass is 9.98. The molecule has 28 heavy (non-hydrogen) atoms. The van der Waals surface area contributed by atoms with E-state index in [2.05, 4.69) is 25.5 Å². The number of nitrogens with one attached hydrogen (secondary N) is 1. The lowest BCUT2D eigenvalue weighted by molar-refractivity contribution is 0.0773. The van der Waals surface area contributed by atoms with Gasteiger partial charge in [0.15, 0.2) is 0 Å². The number of likely N-dealkylation sites (tertiary alicyclic amines) is 1. The van der Waals surface area contributed by atoms with E-state index in [1.165, 1.54) is 12.4 Å². The Kier molecular flexibility index (Phi) is 4.29. The van der Waals surface area contributed by atoms with Crippen molar-refractivity contribution in [1.29, 1.82) is 0 Å². The zero-order chi connectivity index (χ0) is 19.1.